The van der Waals surface area contributed by atoms with Crippen LogP contribution in [0, 0.1) is 17.5 Å². The SMILES string of the molecule is O=C(O)c1nccc[c]1[Ir+][c]1cc(F)c(F)c(F)c1-c1ccccn1. The molecule has 3 rings (SSSR count). The van der Waals surface area contributed by atoms with E-state index in [2.05, 4.69) is 9.97 Å². The van der Waals surface area contributed by atoms with Crippen molar-refractivity contribution in [3.8, 4) is 11.3 Å². The van der Waals surface area contributed by atoms with Gasteiger partial charge in [-0.2, -0.15) is 0 Å². The Morgan fingerprint density at radius 3 is 2.40 bits per heavy atom. The van der Waals surface area contributed by atoms with E-state index in [9.17, 15) is 23.1 Å². The van der Waals surface area contributed by atoms with Crippen LogP contribution in [0.15, 0.2) is 48.8 Å². The second-order valence-corrected chi connectivity index (χ2v) is 7.91. The number of aromatic nitrogens is 2. The van der Waals surface area contributed by atoms with Crippen LogP contribution in [0.1, 0.15) is 10.5 Å². The van der Waals surface area contributed by atoms with Crippen molar-refractivity contribution in [1.29, 1.82) is 0 Å². The molecule has 1 N–H and O–H groups in total. The van der Waals surface area contributed by atoms with Crippen LogP contribution >= 0.6 is 0 Å². The molecule has 0 saturated heterocycles. The normalized spacial score (nSPS) is 10.8. The number of carbonyl (C=O) groups is 1. The third-order valence-corrected chi connectivity index (χ3v) is 6.34. The molecular formula is C17H9F3IrN2O2+. The van der Waals surface area contributed by atoms with Crippen molar-refractivity contribution in [2.45, 2.75) is 0 Å². The molecule has 0 radical (unpaired) electrons. The molecule has 1 aromatic carbocycles. The molecule has 0 atom stereocenters. The molecular weight excluding hydrogens is 513 g/mol. The van der Waals surface area contributed by atoms with Gasteiger partial charge in [-0.3, -0.25) is 0 Å². The predicted octanol–water partition coefficient (Wildman–Crippen LogP) is 2.29. The van der Waals surface area contributed by atoms with Gasteiger partial charge in [0.15, 0.2) is 0 Å². The van der Waals surface area contributed by atoms with E-state index in [1.807, 2.05) is 0 Å². The molecule has 4 nitrogen and oxygen atoms in total. The van der Waals surface area contributed by atoms with Crippen molar-refractivity contribution >= 4 is 14.1 Å². The molecule has 0 aliphatic rings. The first-order valence-electron chi connectivity index (χ1n) is 6.86. The monoisotopic (exact) mass is 523 g/mol. The zero-order valence-electron chi connectivity index (χ0n) is 12.3. The zero-order valence-corrected chi connectivity index (χ0v) is 14.7. The number of aromatic carboxylic acids is 1. The topological polar surface area (TPSA) is 63.1 Å². The third kappa shape index (κ3) is 3.45. The van der Waals surface area contributed by atoms with Crippen LogP contribution in [0.3, 0.4) is 0 Å². The summed E-state index contributed by atoms with van der Waals surface area (Å²) in [6, 6.07) is 8.67. The molecule has 2 aromatic heterocycles. The molecule has 0 aliphatic carbocycles. The van der Waals surface area contributed by atoms with Gasteiger partial charge >= 0.3 is 148 Å². The van der Waals surface area contributed by atoms with Crippen molar-refractivity contribution in [2.75, 3.05) is 0 Å². The Labute approximate surface area is 148 Å². The average Bonchev–Trinajstić information content (AvgIpc) is 2.61. The van der Waals surface area contributed by atoms with E-state index in [-0.39, 0.29) is 21.0 Å². The fourth-order valence-electron chi connectivity index (χ4n) is 2.06. The molecule has 3 aromatic rings. The number of pyridine rings is 2. The molecule has 0 unspecified atom stereocenters. The fourth-order valence-corrected chi connectivity index (χ4v) is 5.22. The summed E-state index contributed by atoms with van der Waals surface area (Å²) in [7, 11) is 0. The molecule has 0 saturated carbocycles. The van der Waals surface area contributed by atoms with Crippen LogP contribution in [-0.4, -0.2) is 21.0 Å². The molecule has 0 fully saturated rings. The zero-order chi connectivity index (χ0) is 18.0. The number of halogens is 3. The minimum atomic E-state index is -1.58. The summed E-state index contributed by atoms with van der Waals surface area (Å²) < 4.78 is 42.5. The van der Waals surface area contributed by atoms with E-state index in [1.54, 1.807) is 18.2 Å². The van der Waals surface area contributed by atoms with Crippen molar-refractivity contribution < 1.29 is 40.8 Å². The summed E-state index contributed by atoms with van der Waals surface area (Å²) >= 11 is -1.51. The van der Waals surface area contributed by atoms with Gasteiger partial charge in [0, 0.05) is 0 Å². The van der Waals surface area contributed by atoms with Crippen molar-refractivity contribution in [3.63, 3.8) is 0 Å². The number of hydrogen-bond donors (Lipinski definition) is 1. The number of nitrogens with zero attached hydrogens (tertiary/aromatic N) is 2. The summed E-state index contributed by atoms with van der Waals surface area (Å²) in [6.45, 7) is 0. The van der Waals surface area contributed by atoms with Crippen molar-refractivity contribution in [3.05, 3.63) is 71.9 Å². The predicted molar refractivity (Wildman–Crippen MR) is 80.0 cm³/mol. The van der Waals surface area contributed by atoms with Crippen LogP contribution < -0.4 is 8.15 Å². The quantitative estimate of drug-likeness (QED) is 0.535. The first-order valence-corrected chi connectivity index (χ1v) is 9.26. The summed E-state index contributed by atoms with van der Waals surface area (Å²) in [5.74, 6) is -5.47. The van der Waals surface area contributed by atoms with Gasteiger partial charge in [-0.25, -0.2) is 0 Å². The molecule has 8 heteroatoms. The van der Waals surface area contributed by atoms with Gasteiger partial charge in [-0.05, 0) is 0 Å². The minimum absolute atomic E-state index is 0.151. The van der Waals surface area contributed by atoms with Gasteiger partial charge < -0.3 is 0 Å². The third-order valence-electron chi connectivity index (χ3n) is 3.14. The van der Waals surface area contributed by atoms with Crippen LogP contribution in [0.5, 0.6) is 0 Å². The van der Waals surface area contributed by atoms with Crippen molar-refractivity contribution in [2.24, 2.45) is 0 Å². The number of benzene rings is 1. The Balaban J connectivity index is 2.19. The molecule has 0 spiro atoms. The maximum absolute atomic E-state index is 14.4. The number of rotatable bonds is 4. The Hall–Kier alpha value is -2.57. The standard InChI is InChI=1S/C11H5F3N.C6H4NO2.Ir/c12-8-5-4-7(10(13)11(8)14)9-3-1-2-6-15-9;8-6(9)5-3-1-2-4-7-5;/h1-3,5-6H;1-2,4H,(H,8,9);/q;;+1. The fraction of sp³-hybridized carbons (Fsp3) is 0. The van der Waals surface area contributed by atoms with E-state index in [1.165, 1.54) is 24.5 Å². The molecule has 0 aliphatic heterocycles. The van der Waals surface area contributed by atoms with Gasteiger partial charge in [0.2, 0.25) is 0 Å². The summed E-state index contributed by atoms with van der Waals surface area (Å²) in [5.41, 5.74) is -0.183. The van der Waals surface area contributed by atoms with Crippen LogP contribution in [-0.2, 0) is 17.7 Å². The van der Waals surface area contributed by atoms with Gasteiger partial charge in [0.05, 0.1) is 0 Å². The Kier molecular flexibility index (Phi) is 4.92. The number of hydrogen-bond acceptors (Lipinski definition) is 3. The molecule has 0 amide bonds. The Bertz CT molecular complexity index is 952. The van der Waals surface area contributed by atoms with E-state index < -0.39 is 41.1 Å². The summed E-state index contributed by atoms with van der Waals surface area (Å²) in [5, 5.41) is 9.22. The van der Waals surface area contributed by atoms with E-state index >= 15 is 0 Å². The first kappa shape index (κ1) is 17.3. The van der Waals surface area contributed by atoms with E-state index in [0.29, 0.717) is 4.08 Å². The Morgan fingerprint density at radius 2 is 1.72 bits per heavy atom. The van der Waals surface area contributed by atoms with Crippen LogP contribution in [0.25, 0.3) is 11.3 Å². The van der Waals surface area contributed by atoms with Crippen LogP contribution in [0.2, 0.25) is 0 Å². The number of carboxylic acid groups (broad SMARTS) is 1. The first-order chi connectivity index (χ1) is 12.0. The molecule has 0 bridgehead atoms. The summed E-state index contributed by atoms with van der Waals surface area (Å²) in [6.07, 6.45) is 2.73. The van der Waals surface area contributed by atoms with Crippen LogP contribution in [0.4, 0.5) is 13.2 Å². The second kappa shape index (κ2) is 7.13. The second-order valence-electron chi connectivity index (χ2n) is 4.73. The van der Waals surface area contributed by atoms with Gasteiger partial charge in [-0.15, -0.1) is 0 Å². The molecule has 2 heterocycles. The molecule has 128 valence electrons. The van der Waals surface area contributed by atoms with E-state index in [4.69, 9.17) is 0 Å². The Morgan fingerprint density at radius 1 is 0.960 bits per heavy atom. The van der Waals surface area contributed by atoms with E-state index in [0.717, 1.165) is 6.07 Å². The maximum atomic E-state index is 14.4. The van der Waals surface area contributed by atoms with Crippen molar-refractivity contribution in [1.82, 2.24) is 9.97 Å². The average molecular weight is 522 g/mol. The molecule has 25 heavy (non-hydrogen) atoms. The van der Waals surface area contributed by atoms with Gasteiger partial charge in [0.25, 0.3) is 0 Å². The number of carboxylic acids is 1. The van der Waals surface area contributed by atoms with Gasteiger partial charge in [-0.1, -0.05) is 0 Å². The van der Waals surface area contributed by atoms with Gasteiger partial charge in [0.1, 0.15) is 0 Å². The summed E-state index contributed by atoms with van der Waals surface area (Å²) in [4.78, 5) is 19.1.